The number of nitrogens with one attached hydrogen (secondary N) is 2. The molecule has 0 atom stereocenters. The Morgan fingerprint density at radius 2 is 1.85 bits per heavy atom. The number of rotatable bonds is 5. The molecule has 1 aromatic carbocycles. The first-order valence-corrected chi connectivity index (χ1v) is 11.8. The summed E-state index contributed by atoms with van der Waals surface area (Å²) in [5, 5.41) is 3.21. The highest BCUT2D eigenvalue weighted by atomic mass is 35.5. The number of hydrogen-bond donors (Lipinski definition) is 2. The molecule has 1 amide bonds. The molecule has 7 nitrogen and oxygen atoms in total. The number of nitrogens with zero attached hydrogens (tertiary/aromatic N) is 1. The highest BCUT2D eigenvalue weighted by molar-refractivity contribution is 6.33. The summed E-state index contributed by atoms with van der Waals surface area (Å²) in [6, 6.07) is 3.51. The highest BCUT2D eigenvalue weighted by Gasteiger charge is 2.46. The Balaban J connectivity index is 1.50. The van der Waals surface area contributed by atoms with Gasteiger partial charge in [0.25, 0.3) is 17.3 Å². The third-order valence-corrected chi connectivity index (χ3v) is 6.95. The van der Waals surface area contributed by atoms with Crippen LogP contribution < -0.4 is 20.3 Å². The molecule has 0 bridgehead atoms. The van der Waals surface area contributed by atoms with E-state index in [1.807, 2.05) is 26.8 Å². The zero-order valence-corrected chi connectivity index (χ0v) is 20.7. The molecule has 4 rings (SSSR count). The molecule has 2 aromatic rings. The Bertz CT molecular complexity index is 1130. The van der Waals surface area contributed by atoms with E-state index >= 15 is 0 Å². The van der Waals surface area contributed by atoms with Gasteiger partial charge in [0, 0.05) is 48.3 Å². The van der Waals surface area contributed by atoms with Crippen molar-refractivity contribution in [1.82, 2.24) is 15.2 Å². The van der Waals surface area contributed by atoms with Gasteiger partial charge in [-0.25, -0.2) is 0 Å². The molecule has 178 valence electrons. The van der Waals surface area contributed by atoms with Gasteiger partial charge in [-0.15, -0.1) is 0 Å². The first-order valence-electron chi connectivity index (χ1n) is 11.4. The minimum absolute atomic E-state index is 0.128. The molecule has 8 heteroatoms. The lowest BCUT2D eigenvalue weighted by Gasteiger charge is -2.36. The number of aromatic amines is 1. The van der Waals surface area contributed by atoms with Crippen molar-refractivity contribution < 1.29 is 14.3 Å². The lowest BCUT2D eigenvalue weighted by molar-refractivity contribution is -0.114. The van der Waals surface area contributed by atoms with Crippen molar-refractivity contribution in [3.63, 3.8) is 0 Å². The second-order valence-electron chi connectivity index (χ2n) is 9.64. The van der Waals surface area contributed by atoms with Crippen LogP contribution in [0.1, 0.15) is 58.4 Å². The number of aromatic nitrogens is 1. The maximum absolute atomic E-state index is 13.0. The summed E-state index contributed by atoms with van der Waals surface area (Å²) in [4.78, 5) is 30.3. The van der Waals surface area contributed by atoms with E-state index in [9.17, 15) is 9.59 Å². The lowest BCUT2D eigenvalue weighted by atomic mass is 9.85. The maximum atomic E-state index is 13.0. The van der Waals surface area contributed by atoms with E-state index in [-0.39, 0.29) is 18.0 Å². The number of fused-ring (bicyclic) bond motifs is 1. The van der Waals surface area contributed by atoms with Gasteiger partial charge in [0.05, 0.1) is 5.02 Å². The van der Waals surface area contributed by atoms with Crippen LogP contribution in [0.3, 0.4) is 0 Å². The molecule has 1 aliphatic heterocycles. The highest BCUT2D eigenvalue weighted by Crippen LogP contribution is 2.52. The fourth-order valence-electron chi connectivity index (χ4n) is 4.93. The number of H-pyrrole nitrogens is 1. The lowest BCUT2D eigenvalue weighted by Crippen LogP contribution is -2.43. The molecule has 1 aliphatic carbocycles. The number of ether oxygens (including phenoxy) is 2. The van der Waals surface area contributed by atoms with Crippen molar-refractivity contribution in [1.29, 1.82) is 0 Å². The number of benzene rings is 1. The van der Waals surface area contributed by atoms with E-state index in [1.165, 1.54) is 0 Å². The largest absolute Gasteiger partial charge is 0.448 e. The minimum Gasteiger partial charge on any atom is -0.448 e. The van der Waals surface area contributed by atoms with Crippen LogP contribution in [-0.4, -0.2) is 42.2 Å². The summed E-state index contributed by atoms with van der Waals surface area (Å²) in [6.45, 7) is 6.71. The average molecular weight is 474 g/mol. The second kappa shape index (κ2) is 9.03. The molecule has 1 saturated carbocycles. The first-order chi connectivity index (χ1) is 15.6. The molecular formula is C25H32ClN3O4. The molecule has 33 heavy (non-hydrogen) atoms. The van der Waals surface area contributed by atoms with Crippen LogP contribution in [0.5, 0.6) is 11.5 Å². The summed E-state index contributed by atoms with van der Waals surface area (Å²) in [5.74, 6) is 0.662. The van der Waals surface area contributed by atoms with Crippen molar-refractivity contribution in [2.45, 2.75) is 58.8 Å². The smallest absolute Gasteiger partial charge is 0.253 e. The van der Waals surface area contributed by atoms with Crippen molar-refractivity contribution in [3.8, 4) is 11.5 Å². The van der Waals surface area contributed by atoms with Crippen LogP contribution >= 0.6 is 11.6 Å². The maximum Gasteiger partial charge on any atom is 0.253 e. The molecule has 0 saturated heterocycles. The van der Waals surface area contributed by atoms with E-state index in [2.05, 4.69) is 29.3 Å². The van der Waals surface area contributed by atoms with Gasteiger partial charge < -0.3 is 24.7 Å². The Morgan fingerprint density at radius 3 is 2.48 bits per heavy atom. The third kappa shape index (κ3) is 4.75. The van der Waals surface area contributed by atoms with Gasteiger partial charge in [-0.05, 0) is 71.3 Å². The number of carbonyl (C=O) groups excluding carboxylic acids is 1. The summed E-state index contributed by atoms with van der Waals surface area (Å²) >= 11 is 6.53. The normalized spacial score (nSPS) is 21.6. The fraction of sp³-hybridized carbons (Fsp3) is 0.520. The summed E-state index contributed by atoms with van der Waals surface area (Å²) in [5.41, 5.74) is 3.07. The molecular weight excluding hydrogens is 442 g/mol. The van der Waals surface area contributed by atoms with Gasteiger partial charge in [-0.1, -0.05) is 11.6 Å². The van der Waals surface area contributed by atoms with Crippen LogP contribution in [0.25, 0.3) is 0 Å². The van der Waals surface area contributed by atoms with Crippen molar-refractivity contribution >= 4 is 17.5 Å². The van der Waals surface area contributed by atoms with Crippen LogP contribution in [0.4, 0.5) is 0 Å². The van der Waals surface area contributed by atoms with Crippen molar-refractivity contribution in [3.05, 3.63) is 55.5 Å². The van der Waals surface area contributed by atoms with Crippen LogP contribution in [0.15, 0.2) is 16.9 Å². The Kier molecular flexibility index (Phi) is 6.47. The number of amides is 1. The van der Waals surface area contributed by atoms with Gasteiger partial charge >= 0.3 is 0 Å². The van der Waals surface area contributed by atoms with Gasteiger partial charge in [0.1, 0.15) is 0 Å². The molecule has 0 radical (unpaired) electrons. The van der Waals surface area contributed by atoms with Crippen LogP contribution in [0.2, 0.25) is 5.02 Å². The first kappa shape index (κ1) is 23.6. The molecule has 1 fully saturated rings. The van der Waals surface area contributed by atoms with Crippen molar-refractivity contribution in [2.75, 3.05) is 20.6 Å². The molecule has 2 aliphatic rings. The Hall–Kier alpha value is -2.51. The SMILES string of the molecule is Cc1cc(C)c(CNC(=O)c2cc(Cl)c3c(c2C)OC2(CCC(CN(C)C)CC2)O3)c(=O)[nH]1. The van der Waals surface area contributed by atoms with E-state index < -0.39 is 5.79 Å². The number of pyridine rings is 1. The number of aryl methyl sites for hydroxylation is 2. The number of carbonyl (C=O) groups is 1. The third-order valence-electron chi connectivity index (χ3n) is 6.67. The van der Waals surface area contributed by atoms with E-state index in [1.54, 1.807) is 6.07 Å². The monoisotopic (exact) mass is 473 g/mol. The number of hydrogen-bond acceptors (Lipinski definition) is 5. The second-order valence-corrected chi connectivity index (χ2v) is 10.0. The molecule has 0 unspecified atom stereocenters. The van der Waals surface area contributed by atoms with Crippen LogP contribution in [-0.2, 0) is 6.54 Å². The molecule has 1 spiro atoms. The standard InChI is InChI=1S/C25H32ClN3O4/c1-14-10-15(2)28-24(31)19(14)12-27-23(30)18-11-20(26)22-21(16(18)3)32-25(33-22)8-6-17(7-9-25)13-29(4)5/h10-11,17H,6-9,12-13H2,1-5H3,(H,27,30)(H,28,31). The summed E-state index contributed by atoms with van der Waals surface area (Å²) < 4.78 is 12.6. The van der Waals surface area contributed by atoms with Crippen molar-refractivity contribution in [2.24, 2.45) is 5.92 Å². The quantitative estimate of drug-likeness (QED) is 0.683. The van der Waals surface area contributed by atoms with Gasteiger partial charge in [0.2, 0.25) is 0 Å². The fourth-order valence-corrected chi connectivity index (χ4v) is 5.17. The zero-order chi connectivity index (χ0) is 23.9. The molecule has 2 N–H and O–H groups in total. The van der Waals surface area contributed by atoms with E-state index in [0.717, 1.165) is 43.5 Å². The van der Waals surface area contributed by atoms with Crippen LogP contribution in [0, 0.1) is 26.7 Å². The molecule has 2 heterocycles. The van der Waals surface area contributed by atoms with Gasteiger partial charge in [0.15, 0.2) is 11.5 Å². The summed E-state index contributed by atoms with van der Waals surface area (Å²) in [7, 11) is 4.18. The molecule has 1 aromatic heterocycles. The Labute approximate surface area is 199 Å². The average Bonchev–Trinajstić information content (AvgIpc) is 3.11. The van der Waals surface area contributed by atoms with E-state index in [4.69, 9.17) is 21.1 Å². The Morgan fingerprint density at radius 1 is 1.18 bits per heavy atom. The predicted molar refractivity (Wildman–Crippen MR) is 128 cm³/mol. The zero-order valence-electron chi connectivity index (χ0n) is 19.9. The van der Waals surface area contributed by atoms with E-state index in [0.29, 0.717) is 39.1 Å². The minimum atomic E-state index is -0.707. The topological polar surface area (TPSA) is 83.7 Å². The van der Waals surface area contributed by atoms with Gasteiger partial charge in [-0.2, -0.15) is 0 Å². The summed E-state index contributed by atoms with van der Waals surface area (Å²) in [6.07, 6.45) is 3.60. The predicted octanol–water partition coefficient (Wildman–Crippen LogP) is 4.10. The number of halogens is 1. The van der Waals surface area contributed by atoms with Gasteiger partial charge in [-0.3, -0.25) is 9.59 Å².